The zero-order valence-corrected chi connectivity index (χ0v) is 13.8. The van der Waals surface area contributed by atoms with Gasteiger partial charge in [-0.25, -0.2) is 9.78 Å². The Morgan fingerprint density at radius 2 is 2.14 bits per heavy atom. The van der Waals surface area contributed by atoms with Crippen molar-refractivity contribution in [1.82, 2.24) is 19.6 Å². The summed E-state index contributed by atoms with van der Waals surface area (Å²) < 4.78 is 12.0. The zero-order valence-electron chi connectivity index (χ0n) is 13.0. The second-order valence-electron chi connectivity index (χ2n) is 5.65. The molecule has 0 spiro atoms. The number of nitrogens with zero attached hydrogens (tertiary/aromatic N) is 4. The van der Waals surface area contributed by atoms with Crippen LogP contribution in [0.3, 0.4) is 0 Å². The molecule has 2 aromatic rings. The van der Waals surface area contributed by atoms with Crippen molar-refractivity contribution < 1.29 is 14.3 Å². The lowest BCUT2D eigenvalue weighted by Crippen LogP contribution is -2.28. The first-order valence-corrected chi connectivity index (χ1v) is 7.03. The maximum atomic E-state index is 12.0. The molecule has 0 unspecified atom stereocenters. The number of carbonyl (C=O) groups is 1. The first-order valence-electron chi connectivity index (χ1n) is 6.65. The topological polar surface area (TPSA) is 90.6 Å². The molecule has 0 bridgehead atoms. The van der Waals surface area contributed by atoms with E-state index in [1.165, 1.54) is 10.7 Å². The number of anilines is 1. The van der Waals surface area contributed by atoms with E-state index >= 15 is 0 Å². The summed E-state index contributed by atoms with van der Waals surface area (Å²) in [6, 6.07) is 0. The lowest BCUT2D eigenvalue weighted by Gasteiger charge is -2.21. The van der Waals surface area contributed by atoms with Gasteiger partial charge >= 0.3 is 6.09 Å². The standard InChI is InChI=1S/C13H18ClN5O3/c1-7(21-5)9-8(16-12(20)22-13(2,3)4)6-15-11-17-10(14)18-19(9)11/h6-7H,1-5H3,(H,16,20)/t7-/m0/s1. The van der Waals surface area contributed by atoms with E-state index < -0.39 is 11.7 Å². The molecule has 0 aromatic carbocycles. The summed E-state index contributed by atoms with van der Waals surface area (Å²) in [5.74, 6) is 0.318. The number of nitrogens with one attached hydrogen (secondary N) is 1. The van der Waals surface area contributed by atoms with Crippen molar-refractivity contribution in [3.63, 3.8) is 0 Å². The molecule has 0 aliphatic heterocycles. The largest absolute Gasteiger partial charge is 0.444 e. The highest BCUT2D eigenvalue weighted by Crippen LogP contribution is 2.25. The Labute approximate surface area is 132 Å². The van der Waals surface area contributed by atoms with Crippen molar-refractivity contribution >= 4 is 29.2 Å². The van der Waals surface area contributed by atoms with Gasteiger partial charge in [0, 0.05) is 7.11 Å². The minimum atomic E-state index is -0.606. The molecule has 2 heterocycles. The third-order valence-electron chi connectivity index (χ3n) is 2.75. The first-order chi connectivity index (χ1) is 10.2. The molecular weight excluding hydrogens is 310 g/mol. The molecule has 0 aliphatic rings. The SMILES string of the molecule is CO[C@@H](C)c1c(NC(=O)OC(C)(C)C)cnc2nc(Cl)nn12. The lowest BCUT2D eigenvalue weighted by atomic mass is 10.2. The van der Waals surface area contributed by atoms with E-state index in [0.29, 0.717) is 17.2 Å². The van der Waals surface area contributed by atoms with E-state index in [-0.39, 0.29) is 11.4 Å². The van der Waals surface area contributed by atoms with Crippen LogP contribution >= 0.6 is 11.6 Å². The predicted molar refractivity (Wildman–Crippen MR) is 81.1 cm³/mol. The van der Waals surface area contributed by atoms with Gasteiger partial charge in [0.15, 0.2) is 0 Å². The summed E-state index contributed by atoms with van der Waals surface area (Å²) in [6.45, 7) is 7.16. The fraction of sp³-hybridized carbons (Fsp3) is 0.538. The van der Waals surface area contributed by atoms with Crippen LogP contribution in [0.25, 0.3) is 5.78 Å². The summed E-state index contributed by atoms with van der Waals surface area (Å²) >= 11 is 5.81. The predicted octanol–water partition coefficient (Wildman–Crippen LogP) is 2.83. The summed E-state index contributed by atoms with van der Waals surface area (Å²) in [6.07, 6.45) is 0.507. The van der Waals surface area contributed by atoms with Crippen molar-refractivity contribution in [3.05, 3.63) is 17.2 Å². The molecular formula is C13H18ClN5O3. The number of hydrogen-bond donors (Lipinski definition) is 1. The first kappa shape index (κ1) is 16.4. The number of aromatic nitrogens is 4. The van der Waals surface area contributed by atoms with Gasteiger partial charge in [0.2, 0.25) is 5.28 Å². The van der Waals surface area contributed by atoms with Crippen LogP contribution in [0.15, 0.2) is 6.20 Å². The molecule has 1 atom stereocenters. The molecule has 2 aromatic heterocycles. The molecule has 8 nitrogen and oxygen atoms in total. The van der Waals surface area contributed by atoms with Crippen LogP contribution in [0.1, 0.15) is 39.5 Å². The Morgan fingerprint density at radius 3 is 2.73 bits per heavy atom. The van der Waals surface area contributed by atoms with Crippen LogP contribution in [-0.4, -0.2) is 38.4 Å². The summed E-state index contributed by atoms with van der Waals surface area (Å²) in [4.78, 5) is 20.0. The maximum absolute atomic E-state index is 12.0. The number of hydrogen-bond acceptors (Lipinski definition) is 6. The smallest absolute Gasteiger partial charge is 0.412 e. The van der Waals surface area contributed by atoms with Gasteiger partial charge < -0.3 is 9.47 Å². The number of carbonyl (C=O) groups excluding carboxylic acids is 1. The third-order valence-corrected chi connectivity index (χ3v) is 2.91. The molecule has 0 aliphatic carbocycles. The van der Waals surface area contributed by atoms with E-state index in [1.807, 2.05) is 6.92 Å². The maximum Gasteiger partial charge on any atom is 0.412 e. The highest BCUT2D eigenvalue weighted by atomic mass is 35.5. The Kier molecular flexibility index (Phi) is 4.52. The Hall–Kier alpha value is -1.93. The Morgan fingerprint density at radius 1 is 1.45 bits per heavy atom. The monoisotopic (exact) mass is 327 g/mol. The van der Waals surface area contributed by atoms with Crippen molar-refractivity contribution in [1.29, 1.82) is 0 Å². The highest BCUT2D eigenvalue weighted by Gasteiger charge is 2.22. The van der Waals surface area contributed by atoms with Crippen molar-refractivity contribution in [2.24, 2.45) is 0 Å². The van der Waals surface area contributed by atoms with Crippen molar-refractivity contribution in [2.75, 3.05) is 12.4 Å². The number of fused-ring (bicyclic) bond motifs is 1. The third kappa shape index (κ3) is 3.63. The normalized spacial score (nSPS) is 13.2. The fourth-order valence-electron chi connectivity index (χ4n) is 1.84. The van der Waals surface area contributed by atoms with Crippen LogP contribution in [-0.2, 0) is 9.47 Å². The van der Waals surface area contributed by atoms with Gasteiger partial charge in [-0.15, -0.1) is 5.10 Å². The summed E-state index contributed by atoms with van der Waals surface area (Å²) in [5.41, 5.74) is 0.376. The minimum Gasteiger partial charge on any atom is -0.444 e. The number of amides is 1. The molecule has 120 valence electrons. The van der Waals surface area contributed by atoms with Gasteiger partial charge in [-0.05, 0) is 39.3 Å². The molecule has 0 fully saturated rings. The quantitative estimate of drug-likeness (QED) is 0.932. The molecule has 9 heteroatoms. The van der Waals surface area contributed by atoms with Crippen LogP contribution < -0.4 is 5.32 Å². The van der Waals surface area contributed by atoms with Crippen LogP contribution in [0.2, 0.25) is 5.28 Å². The minimum absolute atomic E-state index is 0.0615. The van der Waals surface area contributed by atoms with Crippen LogP contribution in [0.5, 0.6) is 0 Å². The summed E-state index contributed by atoms with van der Waals surface area (Å²) in [5, 5.41) is 6.77. The molecule has 2 rings (SSSR count). The lowest BCUT2D eigenvalue weighted by molar-refractivity contribution is 0.0634. The van der Waals surface area contributed by atoms with Gasteiger partial charge in [0.05, 0.1) is 23.7 Å². The zero-order chi connectivity index (χ0) is 16.5. The van der Waals surface area contributed by atoms with Gasteiger partial charge in [-0.3, -0.25) is 5.32 Å². The molecule has 1 N–H and O–H groups in total. The Balaban J connectivity index is 2.42. The van der Waals surface area contributed by atoms with Crippen molar-refractivity contribution in [2.45, 2.75) is 39.4 Å². The van der Waals surface area contributed by atoms with E-state index in [2.05, 4.69) is 20.4 Å². The molecule has 22 heavy (non-hydrogen) atoms. The molecule has 1 amide bonds. The van der Waals surface area contributed by atoms with Gasteiger partial charge in [-0.2, -0.15) is 9.50 Å². The number of rotatable bonds is 3. The average molecular weight is 328 g/mol. The average Bonchev–Trinajstić information content (AvgIpc) is 2.75. The van der Waals surface area contributed by atoms with Gasteiger partial charge in [0.1, 0.15) is 5.60 Å². The summed E-state index contributed by atoms with van der Waals surface area (Å²) in [7, 11) is 1.55. The second-order valence-corrected chi connectivity index (χ2v) is 5.99. The van der Waals surface area contributed by atoms with E-state index in [4.69, 9.17) is 21.1 Å². The second kappa shape index (κ2) is 6.05. The molecule has 0 saturated heterocycles. The Bertz CT molecular complexity index is 695. The highest BCUT2D eigenvalue weighted by molar-refractivity contribution is 6.28. The van der Waals surface area contributed by atoms with Gasteiger partial charge in [0.25, 0.3) is 5.78 Å². The van der Waals surface area contributed by atoms with Crippen LogP contribution in [0, 0.1) is 0 Å². The molecule has 0 saturated carbocycles. The van der Waals surface area contributed by atoms with Gasteiger partial charge in [-0.1, -0.05) is 0 Å². The number of methoxy groups -OCH3 is 1. The van der Waals surface area contributed by atoms with E-state index in [0.717, 1.165) is 0 Å². The van der Waals surface area contributed by atoms with E-state index in [9.17, 15) is 4.79 Å². The number of ether oxygens (including phenoxy) is 2. The molecule has 0 radical (unpaired) electrons. The van der Waals surface area contributed by atoms with Crippen molar-refractivity contribution in [3.8, 4) is 0 Å². The number of halogens is 1. The van der Waals surface area contributed by atoms with Crippen LogP contribution in [0.4, 0.5) is 10.5 Å². The van der Waals surface area contributed by atoms with E-state index in [1.54, 1.807) is 27.9 Å². The fourth-order valence-corrected chi connectivity index (χ4v) is 1.99.